The summed E-state index contributed by atoms with van der Waals surface area (Å²) >= 11 is 6.13. The Balaban J connectivity index is 1.96. The number of nitrogens with zero attached hydrogens (tertiary/aromatic N) is 2. The summed E-state index contributed by atoms with van der Waals surface area (Å²) in [6.07, 6.45) is 0.175. The number of aliphatic hydroxyl groups excluding tert-OH is 1. The largest absolute Gasteiger partial charge is 0.396 e. The summed E-state index contributed by atoms with van der Waals surface area (Å²) in [5, 5.41) is 12.8. The van der Waals surface area contributed by atoms with Crippen LogP contribution >= 0.6 is 11.6 Å². The van der Waals surface area contributed by atoms with E-state index in [9.17, 15) is 14.7 Å². The minimum Gasteiger partial charge on any atom is -0.396 e. The first-order valence-corrected chi connectivity index (χ1v) is 10.5. The summed E-state index contributed by atoms with van der Waals surface area (Å²) < 4.78 is 1.35. The highest BCUT2D eigenvalue weighted by molar-refractivity contribution is 6.30. The van der Waals surface area contributed by atoms with Gasteiger partial charge in [0.1, 0.15) is 12.4 Å². The molecule has 0 saturated carbocycles. The molecule has 6 nitrogen and oxygen atoms in total. The van der Waals surface area contributed by atoms with Gasteiger partial charge in [-0.1, -0.05) is 53.6 Å². The fraction of sp³-hybridized carbons (Fsp3) is 0.292. The Bertz CT molecular complexity index is 1140. The van der Waals surface area contributed by atoms with Crippen LogP contribution < -0.4 is 10.9 Å². The van der Waals surface area contributed by atoms with Crippen LogP contribution in [0, 0.1) is 13.8 Å². The lowest BCUT2D eigenvalue weighted by Gasteiger charge is -2.18. The fourth-order valence-corrected chi connectivity index (χ4v) is 3.65. The Labute approximate surface area is 186 Å². The van der Waals surface area contributed by atoms with Gasteiger partial charge < -0.3 is 10.4 Å². The van der Waals surface area contributed by atoms with Gasteiger partial charge in [0.05, 0.1) is 6.04 Å². The summed E-state index contributed by atoms with van der Waals surface area (Å²) in [6, 6.07) is 14.7. The number of rotatable bonds is 7. The number of hydrogen-bond acceptors (Lipinski definition) is 4. The van der Waals surface area contributed by atoms with Crippen LogP contribution in [0.2, 0.25) is 5.02 Å². The van der Waals surface area contributed by atoms with E-state index in [1.54, 1.807) is 31.2 Å². The van der Waals surface area contributed by atoms with Crippen molar-refractivity contribution in [1.29, 1.82) is 0 Å². The van der Waals surface area contributed by atoms with E-state index >= 15 is 0 Å². The Morgan fingerprint density at radius 2 is 1.90 bits per heavy atom. The van der Waals surface area contributed by atoms with Crippen molar-refractivity contribution in [2.75, 3.05) is 6.61 Å². The molecule has 0 aliphatic heterocycles. The molecule has 1 unspecified atom stereocenters. The molecule has 0 bridgehead atoms. The van der Waals surface area contributed by atoms with E-state index in [-0.39, 0.29) is 37.1 Å². The van der Waals surface area contributed by atoms with E-state index in [1.807, 2.05) is 38.1 Å². The van der Waals surface area contributed by atoms with Crippen LogP contribution in [0.3, 0.4) is 0 Å². The monoisotopic (exact) mass is 439 g/mol. The first-order chi connectivity index (χ1) is 14.8. The van der Waals surface area contributed by atoms with Crippen LogP contribution in [0.5, 0.6) is 0 Å². The molecule has 1 amide bonds. The summed E-state index contributed by atoms with van der Waals surface area (Å²) in [5.41, 5.74) is 3.34. The minimum atomic E-state index is -0.338. The third kappa shape index (κ3) is 5.40. The zero-order valence-corrected chi connectivity index (χ0v) is 18.6. The highest BCUT2D eigenvalue weighted by Gasteiger charge is 2.19. The SMILES string of the molecule is Cc1ccc(C(C)NC(=O)Cn2c(-c3cccc(Cl)c3)nc(C)c(CCO)c2=O)cc1. The molecule has 0 aliphatic carbocycles. The van der Waals surface area contributed by atoms with Gasteiger partial charge in [-0.15, -0.1) is 0 Å². The number of hydrogen-bond donors (Lipinski definition) is 2. The van der Waals surface area contributed by atoms with Crippen molar-refractivity contribution in [2.24, 2.45) is 0 Å². The lowest BCUT2D eigenvalue weighted by atomic mass is 10.1. The van der Waals surface area contributed by atoms with E-state index < -0.39 is 0 Å². The van der Waals surface area contributed by atoms with E-state index in [2.05, 4.69) is 10.3 Å². The second-order valence-corrected chi connectivity index (χ2v) is 8.01. The van der Waals surface area contributed by atoms with Crippen molar-refractivity contribution >= 4 is 17.5 Å². The minimum absolute atomic E-state index is 0.175. The predicted molar refractivity (Wildman–Crippen MR) is 122 cm³/mol. The van der Waals surface area contributed by atoms with Gasteiger partial charge in [0.2, 0.25) is 5.91 Å². The third-order valence-electron chi connectivity index (χ3n) is 5.17. The van der Waals surface area contributed by atoms with Gasteiger partial charge >= 0.3 is 0 Å². The summed E-state index contributed by atoms with van der Waals surface area (Å²) in [6.45, 7) is 5.26. The molecule has 2 aromatic carbocycles. The molecule has 1 atom stereocenters. The average Bonchev–Trinajstić information content (AvgIpc) is 2.73. The maximum absolute atomic E-state index is 13.2. The third-order valence-corrected chi connectivity index (χ3v) is 5.41. The van der Waals surface area contributed by atoms with Crippen LogP contribution in [0.25, 0.3) is 11.4 Å². The van der Waals surface area contributed by atoms with Gasteiger partial charge in [0.15, 0.2) is 0 Å². The molecule has 0 saturated heterocycles. The fourth-order valence-electron chi connectivity index (χ4n) is 3.46. The summed E-state index contributed by atoms with van der Waals surface area (Å²) in [5.74, 6) is 0.0592. The van der Waals surface area contributed by atoms with Crippen molar-refractivity contribution in [3.8, 4) is 11.4 Å². The normalized spacial score (nSPS) is 11.9. The molecule has 0 fully saturated rings. The van der Waals surface area contributed by atoms with Gasteiger partial charge in [0, 0.05) is 34.9 Å². The number of benzene rings is 2. The van der Waals surface area contributed by atoms with Gasteiger partial charge in [0.25, 0.3) is 5.56 Å². The highest BCUT2D eigenvalue weighted by atomic mass is 35.5. The summed E-state index contributed by atoms with van der Waals surface area (Å²) in [7, 11) is 0. The molecule has 162 valence electrons. The first kappa shape index (κ1) is 22.7. The van der Waals surface area contributed by atoms with Crippen molar-refractivity contribution in [3.05, 3.63) is 86.3 Å². The topological polar surface area (TPSA) is 84.2 Å². The molecule has 1 aromatic heterocycles. The van der Waals surface area contributed by atoms with Gasteiger partial charge in [-0.25, -0.2) is 4.98 Å². The van der Waals surface area contributed by atoms with Crippen LogP contribution in [-0.2, 0) is 17.8 Å². The van der Waals surface area contributed by atoms with E-state index in [4.69, 9.17) is 11.6 Å². The Hall–Kier alpha value is -2.96. The molecular formula is C24H26ClN3O3. The van der Waals surface area contributed by atoms with Crippen LogP contribution in [0.4, 0.5) is 0 Å². The quantitative estimate of drug-likeness (QED) is 0.589. The second-order valence-electron chi connectivity index (χ2n) is 7.57. The molecule has 31 heavy (non-hydrogen) atoms. The average molecular weight is 440 g/mol. The van der Waals surface area contributed by atoms with Crippen molar-refractivity contribution in [3.63, 3.8) is 0 Å². The Morgan fingerprint density at radius 1 is 1.19 bits per heavy atom. The molecule has 7 heteroatoms. The first-order valence-electron chi connectivity index (χ1n) is 10.1. The number of halogens is 1. The molecule has 0 aliphatic rings. The number of carbonyl (C=O) groups excluding carboxylic acids is 1. The number of amides is 1. The molecular weight excluding hydrogens is 414 g/mol. The molecule has 3 rings (SSSR count). The standard InChI is InChI=1S/C24H26ClN3O3/c1-15-7-9-18(10-8-15)16(2)26-22(30)14-28-23(19-5-4-6-20(25)13-19)27-17(3)21(11-12-29)24(28)31/h4-10,13,16,29H,11-12,14H2,1-3H3,(H,26,30). The molecule has 0 radical (unpaired) electrons. The van der Waals surface area contributed by atoms with Gasteiger partial charge in [-0.05, 0) is 38.5 Å². The zero-order valence-electron chi connectivity index (χ0n) is 17.9. The lowest BCUT2D eigenvalue weighted by molar-refractivity contribution is -0.122. The van der Waals surface area contributed by atoms with Crippen LogP contribution in [0.15, 0.2) is 53.3 Å². The predicted octanol–water partition coefficient (Wildman–Crippen LogP) is 3.59. The summed E-state index contributed by atoms with van der Waals surface area (Å²) in [4.78, 5) is 30.6. The van der Waals surface area contributed by atoms with E-state index in [0.29, 0.717) is 27.7 Å². The lowest BCUT2D eigenvalue weighted by Crippen LogP contribution is -2.36. The number of aliphatic hydroxyl groups is 1. The van der Waals surface area contributed by atoms with Crippen molar-refractivity contribution in [2.45, 2.75) is 39.8 Å². The number of carbonyl (C=O) groups is 1. The number of aromatic nitrogens is 2. The van der Waals surface area contributed by atoms with Gasteiger partial charge in [-0.2, -0.15) is 0 Å². The molecule has 0 spiro atoms. The van der Waals surface area contributed by atoms with Crippen molar-refractivity contribution in [1.82, 2.24) is 14.9 Å². The second kappa shape index (κ2) is 9.90. The maximum Gasteiger partial charge on any atom is 0.257 e. The van der Waals surface area contributed by atoms with Crippen molar-refractivity contribution < 1.29 is 9.90 Å². The van der Waals surface area contributed by atoms with Gasteiger partial charge in [-0.3, -0.25) is 14.2 Å². The number of nitrogens with one attached hydrogen (secondary N) is 1. The van der Waals surface area contributed by atoms with Crippen LogP contribution in [-0.4, -0.2) is 27.2 Å². The zero-order chi connectivity index (χ0) is 22.5. The molecule has 1 heterocycles. The van der Waals surface area contributed by atoms with E-state index in [0.717, 1.165) is 11.1 Å². The highest BCUT2D eigenvalue weighted by Crippen LogP contribution is 2.21. The Kier molecular flexibility index (Phi) is 7.25. The molecule has 3 aromatic rings. The van der Waals surface area contributed by atoms with E-state index in [1.165, 1.54) is 4.57 Å². The smallest absolute Gasteiger partial charge is 0.257 e. The Morgan fingerprint density at radius 3 is 2.55 bits per heavy atom. The van der Waals surface area contributed by atoms with Crippen LogP contribution in [0.1, 0.15) is 35.3 Å². The number of aryl methyl sites for hydroxylation is 2. The molecule has 2 N–H and O–H groups in total. The maximum atomic E-state index is 13.2.